The molecule has 0 aliphatic heterocycles. The molecule has 0 saturated heterocycles. The number of carbonyl (C=O) groups is 1. The lowest BCUT2D eigenvalue weighted by atomic mass is 10.2. The molecule has 0 aliphatic carbocycles. The fourth-order valence-electron chi connectivity index (χ4n) is 2.55. The smallest absolute Gasteiger partial charge is 0.277 e. The first-order valence-corrected chi connectivity index (χ1v) is 10.4. The second-order valence-corrected chi connectivity index (χ2v) is 7.49. The molecule has 2 aromatic heterocycles. The van der Waals surface area contributed by atoms with Crippen molar-refractivity contribution in [1.82, 2.24) is 20.3 Å². The van der Waals surface area contributed by atoms with Gasteiger partial charge in [-0.15, -0.1) is 10.2 Å². The molecule has 30 heavy (non-hydrogen) atoms. The zero-order chi connectivity index (χ0) is 20.8. The lowest BCUT2D eigenvalue weighted by molar-refractivity contribution is -0.116. The van der Waals surface area contributed by atoms with Crippen LogP contribution in [0.2, 0.25) is 5.02 Å². The number of thioether (sulfide) groups is 1. The van der Waals surface area contributed by atoms with Gasteiger partial charge in [0.1, 0.15) is 0 Å². The first-order chi connectivity index (χ1) is 14.7. The summed E-state index contributed by atoms with van der Waals surface area (Å²) in [5, 5.41) is 15.7. The van der Waals surface area contributed by atoms with Crippen LogP contribution in [0.25, 0.3) is 11.5 Å². The Morgan fingerprint density at radius 1 is 1.07 bits per heavy atom. The highest BCUT2D eigenvalue weighted by Gasteiger charge is 2.14. The molecule has 0 atom stereocenters. The van der Waals surface area contributed by atoms with Crippen LogP contribution in [0.3, 0.4) is 0 Å². The van der Waals surface area contributed by atoms with Crippen LogP contribution in [-0.4, -0.2) is 26.2 Å². The lowest BCUT2D eigenvalue weighted by Crippen LogP contribution is -2.12. The molecule has 0 unspecified atom stereocenters. The quantitative estimate of drug-likeness (QED) is 0.394. The van der Waals surface area contributed by atoms with E-state index in [1.807, 2.05) is 48.5 Å². The van der Waals surface area contributed by atoms with E-state index in [1.165, 1.54) is 11.8 Å². The van der Waals surface area contributed by atoms with Gasteiger partial charge in [0.25, 0.3) is 5.22 Å². The number of nitrogens with zero attached hydrogens (tertiary/aromatic N) is 4. The van der Waals surface area contributed by atoms with Gasteiger partial charge < -0.3 is 14.3 Å². The van der Waals surface area contributed by atoms with Crippen molar-refractivity contribution in [1.29, 1.82) is 0 Å². The molecule has 4 aromatic rings. The lowest BCUT2D eigenvalue weighted by Gasteiger charge is -2.02. The van der Waals surface area contributed by atoms with Crippen molar-refractivity contribution in [3.8, 4) is 11.5 Å². The van der Waals surface area contributed by atoms with Gasteiger partial charge >= 0.3 is 0 Å². The minimum Gasteiger partial charge on any atom is -0.411 e. The van der Waals surface area contributed by atoms with Crippen molar-refractivity contribution in [3.63, 3.8) is 0 Å². The van der Waals surface area contributed by atoms with E-state index in [0.717, 1.165) is 5.69 Å². The number of amides is 1. The predicted molar refractivity (Wildman–Crippen MR) is 112 cm³/mol. The topological polar surface area (TPSA) is 107 Å². The maximum atomic E-state index is 12.0. The molecule has 0 radical (unpaired) electrons. The van der Waals surface area contributed by atoms with Crippen LogP contribution < -0.4 is 5.32 Å². The van der Waals surface area contributed by atoms with Crippen LogP contribution in [0.4, 0.5) is 5.69 Å². The second kappa shape index (κ2) is 9.55. The molecule has 0 fully saturated rings. The maximum absolute atomic E-state index is 12.0. The summed E-state index contributed by atoms with van der Waals surface area (Å²) in [6.45, 7) is 0. The highest BCUT2D eigenvalue weighted by molar-refractivity contribution is 7.98. The van der Waals surface area contributed by atoms with E-state index in [0.29, 0.717) is 45.6 Å². The summed E-state index contributed by atoms with van der Waals surface area (Å²) in [6.07, 6.45) is 0.599. The SMILES string of the molecule is O=C(CCc1nc(CSc2nnc(-c3ccccc3Cl)o2)no1)Nc1ccccc1. The average molecular weight is 442 g/mol. The number of carbonyl (C=O) groups excluding carboxylic acids is 1. The Bertz CT molecular complexity index is 1130. The van der Waals surface area contributed by atoms with Crippen LogP contribution in [-0.2, 0) is 17.0 Å². The maximum Gasteiger partial charge on any atom is 0.277 e. The van der Waals surface area contributed by atoms with Crippen LogP contribution in [0.15, 0.2) is 68.8 Å². The fourth-order valence-corrected chi connectivity index (χ4v) is 3.38. The van der Waals surface area contributed by atoms with E-state index in [1.54, 1.807) is 6.07 Å². The van der Waals surface area contributed by atoms with Gasteiger partial charge in [-0.05, 0) is 24.3 Å². The highest BCUT2D eigenvalue weighted by atomic mass is 35.5. The number of rotatable bonds is 8. The standard InChI is InChI=1S/C20H16ClN5O3S/c21-15-9-5-4-8-14(15)19-24-25-20(28-19)30-12-16-23-18(29-26-16)11-10-17(27)22-13-6-2-1-3-7-13/h1-9H,10-12H2,(H,22,27). The van der Waals surface area contributed by atoms with Crippen molar-refractivity contribution in [2.45, 2.75) is 23.8 Å². The van der Waals surface area contributed by atoms with Gasteiger partial charge in [0.05, 0.1) is 16.3 Å². The van der Waals surface area contributed by atoms with Crippen molar-refractivity contribution in [2.75, 3.05) is 5.32 Å². The first kappa shape index (κ1) is 20.1. The van der Waals surface area contributed by atoms with E-state index < -0.39 is 0 Å². The zero-order valence-electron chi connectivity index (χ0n) is 15.6. The minimum absolute atomic E-state index is 0.117. The van der Waals surface area contributed by atoms with E-state index in [9.17, 15) is 4.79 Å². The third kappa shape index (κ3) is 5.25. The van der Waals surface area contributed by atoms with Crippen molar-refractivity contribution in [2.24, 2.45) is 0 Å². The van der Waals surface area contributed by atoms with Gasteiger partial charge in [-0.1, -0.05) is 58.9 Å². The number of aryl methyl sites for hydroxylation is 1. The first-order valence-electron chi connectivity index (χ1n) is 9.05. The van der Waals surface area contributed by atoms with E-state index in [4.69, 9.17) is 20.5 Å². The summed E-state index contributed by atoms with van der Waals surface area (Å²) in [6, 6.07) is 16.5. The summed E-state index contributed by atoms with van der Waals surface area (Å²) in [5.74, 6) is 1.51. The van der Waals surface area contributed by atoms with Gasteiger partial charge in [-0.25, -0.2) is 0 Å². The Morgan fingerprint density at radius 3 is 2.70 bits per heavy atom. The Balaban J connectivity index is 1.27. The third-order valence-electron chi connectivity index (χ3n) is 3.97. The number of nitrogens with one attached hydrogen (secondary N) is 1. The van der Waals surface area contributed by atoms with Crippen LogP contribution in [0.1, 0.15) is 18.1 Å². The number of hydrogen-bond donors (Lipinski definition) is 1. The molecule has 152 valence electrons. The van der Waals surface area contributed by atoms with Crippen LogP contribution in [0.5, 0.6) is 0 Å². The third-order valence-corrected chi connectivity index (χ3v) is 5.11. The Labute approximate surface area is 181 Å². The Morgan fingerprint density at radius 2 is 1.87 bits per heavy atom. The summed E-state index contributed by atoms with van der Waals surface area (Å²) in [5.41, 5.74) is 1.43. The summed E-state index contributed by atoms with van der Waals surface area (Å²) in [4.78, 5) is 16.3. The highest BCUT2D eigenvalue weighted by Crippen LogP contribution is 2.29. The normalized spacial score (nSPS) is 10.8. The number of hydrogen-bond acceptors (Lipinski definition) is 8. The summed E-state index contributed by atoms with van der Waals surface area (Å²) >= 11 is 7.43. The fraction of sp³-hybridized carbons (Fsp3) is 0.150. The summed E-state index contributed by atoms with van der Waals surface area (Å²) < 4.78 is 10.8. The minimum atomic E-state index is -0.117. The average Bonchev–Trinajstić information content (AvgIpc) is 3.41. The number of benzene rings is 2. The Kier molecular flexibility index (Phi) is 6.41. The van der Waals surface area contributed by atoms with Crippen LogP contribution >= 0.6 is 23.4 Å². The molecule has 8 nitrogen and oxygen atoms in total. The molecule has 0 bridgehead atoms. The molecule has 10 heteroatoms. The largest absolute Gasteiger partial charge is 0.411 e. The zero-order valence-corrected chi connectivity index (χ0v) is 17.2. The number of anilines is 1. The number of para-hydroxylation sites is 1. The molecule has 1 amide bonds. The van der Waals surface area contributed by atoms with Gasteiger partial charge in [0.2, 0.25) is 17.7 Å². The van der Waals surface area contributed by atoms with Gasteiger partial charge in [-0.3, -0.25) is 4.79 Å². The molecular formula is C20H16ClN5O3S. The molecule has 0 saturated carbocycles. The van der Waals surface area contributed by atoms with Crippen molar-refractivity contribution in [3.05, 3.63) is 71.3 Å². The molecule has 4 rings (SSSR count). The summed E-state index contributed by atoms with van der Waals surface area (Å²) in [7, 11) is 0. The second-order valence-electron chi connectivity index (χ2n) is 6.16. The van der Waals surface area contributed by atoms with Crippen molar-refractivity contribution >= 4 is 35.0 Å². The van der Waals surface area contributed by atoms with E-state index in [-0.39, 0.29) is 12.3 Å². The number of aromatic nitrogens is 4. The monoisotopic (exact) mass is 441 g/mol. The molecule has 0 spiro atoms. The predicted octanol–water partition coefficient (Wildman–Crippen LogP) is 4.64. The number of halogens is 1. The molecule has 2 aromatic carbocycles. The van der Waals surface area contributed by atoms with Crippen molar-refractivity contribution < 1.29 is 13.7 Å². The Hall–Kier alpha value is -3.17. The molecular weight excluding hydrogens is 426 g/mol. The molecule has 1 N–H and O–H groups in total. The van der Waals surface area contributed by atoms with E-state index in [2.05, 4.69) is 25.7 Å². The van der Waals surface area contributed by atoms with Gasteiger partial charge in [-0.2, -0.15) is 4.98 Å². The molecule has 0 aliphatic rings. The van der Waals surface area contributed by atoms with E-state index >= 15 is 0 Å². The molecule has 2 heterocycles. The van der Waals surface area contributed by atoms with Gasteiger partial charge in [0.15, 0.2) is 5.82 Å². The van der Waals surface area contributed by atoms with Crippen LogP contribution in [0, 0.1) is 0 Å². The van der Waals surface area contributed by atoms with Gasteiger partial charge in [0, 0.05) is 18.5 Å².